The van der Waals surface area contributed by atoms with Crippen molar-refractivity contribution in [2.45, 2.75) is 32.7 Å². The van der Waals surface area contributed by atoms with Gasteiger partial charge in [0.05, 0.1) is 49.8 Å². The van der Waals surface area contributed by atoms with E-state index in [-0.39, 0.29) is 18.5 Å². The van der Waals surface area contributed by atoms with Crippen LogP contribution in [0, 0.1) is 5.92 Å². The van der Waals surface area contributed by atoms with Crippen molar-refractivity contribution in [2.75, 3.05) is 32.8 Å². The monoisotopic (exact) mass is 406 g/mol. The summed E-state index contributed by atoms with van der Waals surface area (Å²) in [4.78, 5) is 38.1. The molecule has 1 aromatic rings. The van der Waals surface area contributed by atoms with Crippen LogP contribution in [0.25, 0.3) is 0 Å². The van der Waals surface area contributed by atoms with Gasteiger partial charge >= 0.3 is 18.0 Å². The zero-order chi connectivity index (χ0) is 20.8. The molecular formula is C20H28N3O6+. The fourth-order valence-electron chi connectivity index (χ4n) is 3.82. The highest BCUT2D eigenvalue weighted by molar-refractivity contribution is 5.95. The van der Waals surface area contributed by atoms with Gasteiger partial charge in [0.1, 0.15) is 18.3 Å². The lowest BCUT2D eigenvalue weighted by Gasteiger charge is -2.32. The molecule has 9 heteroatoms. The number of quaternary nitrogens is 1. The molecule has 0 spiro atoms. The van der Waals surface area contributed by atoms with Crippen molar-refractivity contribution < 1.29 is 33.2 Å². The highest BCUT2D eigenvalue weighted by Crippen LogP contribution is 2.27. The molecule has 1 saturated heterocycles. The van der Waals surface area contributed by atoms with Crippen molar-refractivity contribution in [1.82, 2.24) is 10.6 Å². The zero-order valence-electron chi connectivity index (χ0n) is 16.8. The predicted molar refractivity (Wildman–Crippen MR) is 102 cm³/mol. The molecule has 2 amide bonds. The number of hydrogen-bond donors (Lipinski definition) is 3. The summed E-state index contributed by atoms with van der Waals surface area (Å²) in [5.41, 5.74) is 0.875. The first-order valence-electron chi connectivity index (χ1n) is 10.0. The third kappa shape index (κ3) is 4.97. The van der Waals surface area contributed by atoms with Crippen molar-refractivity contribution >= 4 is 18.0 Å². The number of piperidine rings is 1. The number of urea groups is 1. The second-order valence-electron chi connectivity index (χ2n) is 7.11. The lowest BCUT2D eigenvalue weighted by Crippen LogP contribution is -3.13. The molecule has 2 aliphatic heterocycles. The molecule has 0 unspecified atom stereocenters. The Hall–Kier alpha value is -2.81. The fraction of sp³-hybridized carbons (Fsp3) is 0.550. The van der Waals surface area contributed by atoms with E-state index >= 15 is 0 Å². The van der Waals surface area contributed by atoms with Crippen molar-refractivity contribution in [3.8, 4) is 0 Å². The summed E-state index contributed by atoms with van der Waals surface area (Å²) in [6, 6.07) is 2.32. The van der Waals surface area contributed by atoms with Gasteiger partial charge in [-0.05, 0) is 26.0 Å². The largest absolute Gasteiger partial charge is 0.467 e. The van der Waals surface area contributed by atoms with Crippen LogP contribution in [0.3, 0.4) is 0 Å². The number of carbonyl (C=O) groups is 3. The molecule has 0 radical (unpaired) electrons. The Balaban J connectivity index is 1.78. The highest BCUT2D eigenvalue weighted by Gasteiger charge is 2.37. The zero-order valence-corrected chi connectivity index (χ0v) is 16.8. The molecule has 158 valence electrons. The van der Waals surface area contributed by atoms with Gasteiger partial charge in [-0.15, -0.1) is 0 Å². The average Bonchev–Trinajstić information content (AvgIpc) is 3.23. The first-order chi connectivity index (χ1) is 14.0. The lowest BCUT2D eigenvalue weighted by atomic mass is 9.95. The Morgan fingerprint density at radius 2 is 1.93 bits per heavy atom. The SMILES string of the molecule is CCOC(=O)C1=C(C[NH+]2CCC(C(=O)OCC)CC2)NC(=O)N[C@@H]1c1ccco1. The van der Waals surface area contributed by atoms with Gasteiger partial charge in [0.2, 0.25) is 0 Å². The lowest BCUT2D eigenvalue weighted by molar-refractivity contribution is -0.901. The van der Waals surface area contributed by atoms with Gasteiger partial charge in [0, 0.05) is 12.8 Å². The minimum Gasteiger partial charge on any atom is -0.467 e. The van der Waals surface area contributed by atoms with E-state index in [2.05, 4.69) is 10.6 Å². The number of esters is 2. The minimum atomic E-state index is -0.704. The van der Waals surface area contributed by atoms with Crippen LogP contribution in [0.4, 0.5) is 4.79 Å². The smallest absolute Gasteiger partial charge is 0.338 e. The van der Waals surface area contributed by atoms with Gasteiger partial charge < -0.3 is 29.4 Å². The molecule has 0 saturated carbocycles. The number of furan rings is 1. The number of nitrogens with one attached hydrogen (secondary N) is 3. The van der Waals surface area contributed by atoms with Crippen LogP contribution in [0.5, 0.6) is 0 Å². The van der Waals surface area contributed by atoms with Crippen LogP contribution in [0.15, 0.2) is 34.1 Å². The third-order valence-electron chi connectivity index (χ3n) is 5.22. The van der Waals surface area contributed by atoms with Crippen molar-refractivity contribution in [3.05, 3.63) is 35.4 Å². The van der Waals surface area contributed by atoms with Gasteiger partial charge in [0.15, 0.2) is 0 Å². The summed E-state index contributed by atoms with van der Waals surface area (Å²) >= 11 is 0. The van der Waals surface area contributed by atoms with Gasteiger partial charge in [0.25, 0.3) is 0 Å². The van der Waals surface area contributed by atoms with Gasteiger partial charge in [-0.25, -0.2) is 9.59 Å². The van der Waals surface area contributed by atoms with E-state index < -0.39 is 18.0 Å². The Morgan fingerprint density at radius 3 is 2.55 bits per heavy atom. The van der Waals surface area contributed by atoms with Gasteiger partial charge in [-0.3, -0.25) is 4.79 Å². The Labute approximate surface area is 169 Å². The van der Waals surface area contributed by atoms with E-state index in [0.717, 1.165) is 13.1 Å². The van der Waals surface area contributed by atoms with Crippen LogP contribution >= 0.6 is 0 Å². The molecule has 1 atom stereocenters. The minimum absolute atomic E-state index is 0.0873. The molecule has 3 heterocycles. The third-order valence-corrected chi connectivity index (χ3v) is 5.22. The summed E-state index contributed by atoms with van der Waals surface area (Å²) in [6.45, 7) is 6.10. The molecule has 3 rings (SSSR count). The van der Waals surface area contributed by atoms with Crippen LogP contribution < -0.4 is 15.5 Å². The summed E-state index contributed by atoms with van der Waals surface area (Å²) in [6.07, 6.45) is 2.92. The maximum Gasteiger partial charge on any atom is 0.338 e. The molecule has 1 aromatic heterocycles. The van der Waals surface area contributed by atoms with E-state index in [9.17, 15) is 14.4 Å². The van der Waals surface area contributed by atoms with E-state index in [0.29, 0.717) is 43.0 Å². The molecule has 1 fully saturated rings. The van der Waals surface area contributed by atoms with Gasteiger partial charge in [-0.1, -0.05) is 0 Å². The Bertz CT molecular complexity index is 765. The maximum atomic E-state index is 12.7. The molecule has 2 aliphatic rings. The van der Waals surface area contributed by atoms with E-state index in [1.54, 1.807) is 26.0 Å². The first-order valence-corrected chi connectivity index (χ1v) is 10.0. The maximum absolute atomic E-state index is 12.7. The second-order valence-corrected chi connectivity index (χ2v) is 7.11. The van der Waals surface area contributed by atoms with Crippen LogP contribution in [-0.4, -0.2) is 50.8 Å². The van der Waals surface area contributed by atoms with Crippen molar-refractivity contribution in [3.63, 3.8) is 0 Å². The average molecular weight is 406 g/mol. The van der Waals surface area contributed by atoms with Crippen LogP contribution in [0.2, 0.25) is 0 Å². The number of hydrogen-bond acceptors (Lipinski definition) is 6. The number of amides is 2. The quantitative estimate of drug-likeness (QED) is 0.562. The highest BCUT2D eigenvalue weighted by atomic mass is 16.5. The standard InChI is InChI=1S/C20H27N3O6/c1-3-27-18(24)13-7-9-23(10-8-13)12-14-16(19(25)28-4-2)17(22-20(26)21-14)15-6-5-11-29-15/h5-6,11,13,17H,3-4,7-10,12H2,1-2H3,(H2,21,22,26)/p+1/t17-/m1/s1. The molecule has 0 bridgehead atoms. The molecule has 9 nitrogen and oxygen atoms in total. The molecule has 29 heavy (non-hydrogen) atoms. The van der Waals surface area contributed by atoms with Crippen molar-refractivity contribution in [1.29, 1.82) is 0 Å². The molecular weight excluding hydrogens is 378 g/mol. The van der Waals surface area contributed by atoms with E-state index in [4.69, 9.17) is 13.9 Å². The van der Waals surface area contributed by atoms with E-state index in [1.807, 2.05) is 0 Å². The normalized spacial score (nSPS) is 24.5. The number of rotatable bonds is 7. The molecule has 3 N–H and O–H groups in total. The predicted octanol–water partition coefficient (Wildman–Crippen LogP) is 0.309. The first kappa shape index (κ1) is 20.9. The topological polar surface area (TPSA) is 111 Å². The fourth-order valence-corrected chi connectivity index (χ4v) is 3.82. The number of ether oxygens (including phenoxy) is 2. The summed E-state index contributed by atoms with van der Waals surface area (Å²) in [5, 5.41) is 5.51. The molecule has 0 aliphatic carbocycles. The second kappa shape index (κ2) is 9.60. The molecule has 0 aromatic carbocycles. The summed E-state index contributed by atoms with van der Waals surface area (Å²) in [5.74, 6) is -0.254. The summed E-state index contributed by atoms with van der Waals surface area (Å²) in [7, 11) is 0. The summed E-state index contributed by atoms with van der Waals surface area (Å²) < 4.78 is 15.8. The Morgan fingerprint density at radius 1 is 1.21 bits per heavy atom. The number of carbonyl (C=O) groups excluding carboxylic acids is 3. The van der Waals surface area contributed by atoms with Crippen molar-refractivity contribution in [2.24, 2.45) is 5.92 Å². The number of likely N-dealkylation sites (tertiary alicyclic amines) is 1. The Kier molecular flexibility index (Phi) is 6.92. The van der Waals surface area contributed by atoms with Crippen LogP contribution in [-0.2, 0) is 19.1 Å². The van der Waals surface area contributed by atoms with E-state index in [1.165, 1.54) is 11.2 Å². The van der Waals surface area contributed by atoms with Crippen LogP contribution in [0.1, 0.15) is 38.5 Å². The van der Waals surface area contributed by atoms with Gasteiger partial charge in [-0.2, -0.15) is 0 Å².